The number of rotatable bonds is 4. The first kappa shape index (κ1) is 16.2. The molecule has 7 heteroatoms. The molecular weight excluding hydrogens is 295 g/mol. The van der Waals surface area contributed by atoms with Crippen LogP contribution in [-0.2, 0) is 0 Å². The van der Waals surface area contributed by atoms with Gasteiger partial charge in [0.1, 0.15) is 6.07 Å². The molecule has 0 saturated heterocycles. The fraction of sp³-hybridized carbons (Fsp3) is 0.188. The van der Waals surface area contributed by atoms with Gasteiger partial charge in [-0.25, -0.2) is 14.1 Å². The number of aryl methyl sites for hydroxylation is 1. The lowest BCUT2D eigenvalue weighted by Gasteiger charge is -2.10. The van der Waals surface area contributed by atoms with Crippen molar-refractivity contribution in [3.8, 4) is 6.07 Å². The Bertz CT molecular complexity index is 826. The summed E-state index contributed by atoms with van der Waals surface area (Å²) in [6.07, 6.45) is 7.31. The summed E-state index contributed by atoms with van der Waals surface area (Å²) in [6, 6.07) is 2.96. The van der Waals surface area contributed by atoms with Crippen LogP contribution in [0.25, 0.3) is 5.70 Å². The summed E-state index contributed by atoms with van der Waals surface area (Å²) in [5, 5.41) is 16.3. The Morgan fingerprint density at radius 3 is 2.83 bits per heavy atom. The SMILES string of the molecule is C/C=C(\C=C(/C)n1cc(C)cn1)Nc1nc(N)c(F)cc1C#N. The zero-order chi connectivity index (χ0) is 17.0. The van der Waals surface area contributed by atoms with E-state index in [1.165, 1.54) is 0 Å². The highest BCUT2D eigenvalue weighted by molar-refractivity contribution is 5.61. The number of allylic oxidation sites excluding steroid dienone is 3. The van der Waals surface area contributed by atoms with Gasteiger partial charge in [0.2, 0.25) is 0 Å². The van der Waals surface area contributed by atoms with Crippen LogP contribution in [0.1, 0.15) is 25.0 Å². The number of nitrogens with two attached hydrogens (primary N) is 1. The maximum Gasteiger partial charge on any atom is 0.166 e. The van der Waals surface area contributed by atoms with Crippen molar-refractivity contribution in [3.05, 3.63) is 53.3 Å². The van der Waals surface area contributed by atoms with Crippen molar-refractivity contribution in [2.45, 2.75) is 20.8 Å². The highest BCUT2D eigenvalue weighted by Gasteiger charge is 2.10. The molecule has 0 aliphatic carbocycles. The molecule has 0 fully saturated rings. The fourth-order valence-electron chi connectivity index (χ4n) is 1.91. The molecule has 23 heavy (non-hydrogen) atoms. The van der Waals surface area contributed by atoms with Crippen molar-refractivity contribution < 1.29 is 4.39 Å². The number of nitriles is 1. The van der Waals surface area contributed by atoms with E-state index < -0.39 is 5.82 Å². The average Bonchev–Trinajstić information content (AvgIpc) is 2.96. The minimum absolute atomic E-state index is 0.0806. The molecule has 0 amide bonds. The molecule has 0 saturated carbocycles. The number of aromatic nitrogens is 3. The van der Waals surface area contributed by atoms with E-state index in [0.717, 1.165) is 17.3 Å². The number of halogens is 1. The third-order valence-corrected chi connectivity index (χ3v) is 3.13. The van der Waals surface area contributed by atoms with E-state index in [0.29, 0.717) is 5.70 Å². The molecule has 0 unspecified atom stereocenters. The Morgan fingerprint density at radius 2 is 2.26 bits per heavy atom. The lowest BCUT2D eigenvalue weighted by atomic mass is 10.2. The second-order valence-electron chi connectivity index (χ2n) is 4.98. The van der Waals surface area contributed by atoms with Gasteiger partial charge in [-0.1, -0.05) is 6.08 Å². The Balaban J connectivity index is 2.31. The maximum atomic E-state index is 13.4. The zero-order valence-corrected chi connectivity index (χ0v) is 13.1. The average molecular weight is 312 g/mol. The van der Waals surface area contributed by atoms with Gasteiger partial charge in [0.05, 0.1) is 11.8 Å². The second kappa shape index (κ2) is 6.75. The van der Waals surface area contributed by atoms with Gasteiger partial charge in [-0.2, -0.15) is 10.4 Å². The first-order chi connectivity index (χ1) is 10.9. The number of anilines is 2. The normalized spacial score (nSPS) is 12.1. The summed E-state index contributed by atoms with van der Waals surface area (Å²) in [4.78, 5) is 3.89. The molecule has 0 aromatic carbocycles. The summed E-state index contributed by atoms with van der Waals surface area (Å²) in [5.41, 5.74) is 8.15. The Hall–Kier alpha value is -3.14. The van der Waals surface area contributed by atoms with Gasteiger partial charge in [-0.05, 0) is 38.5 Å². The first-order valence-electron chi connectivity index (χ1n) is 6.94. The predicted molar refractivity (Wildman–Crippen MR) is 87.6 cm³/mol. The Morgan fingerprint density at radius 1 is 1.52 bits per heavy atom. The zero-order valence-electron chi connectivity index (χ0n) is 13.1. The largest absolute Gasteiger partial charge is 0.381 e. The van der Waals surface area contributed by atoms with Crippen LogP contribution >= 0.6 is 0 Å². The summed E-state index contributed by atoms with van der Waals surface area (Å²) in [6.45, 7) is 5.69. The summed E-state index contributed by atoms with van der Waals surface area (Å²) in [7, 11) is 0. The van der Waals surface area contributed by atoms with Gasteiger partial charge in [-0.3, -0.25) is 0 Å². The van der Waals surface area contributed by atoms with Crippen LogP contribution < -0.4 is 11.1 Å². The summed E-state index contributed by atoms with van der Waals surface area (Å²) in [5.74, 6) is -0.765. The van der Waals surface area contributed by atoms with E-state index in [2.05, 4.69) is 15.4 Å². The molecule has 0 aliphatic rings. The lowest BCUT2D eigenvalue weighted by Crippen LogP contribution is -2.06. The maximum absolute atomic E-state index is 13.4. The quantitative estimate of drug-likeness (QED) is 0.846. The molecule has 0 aliphatic heterocycles. The van der Waals surface area contributed by atoms with E-state index >= 15 is 0 Å². The topological polar surface area (TPSA) is 92.6 Å². The monoisotopic (exact) mass is 312 g/mol. The van der Waals surface area contributed by atoms with Crippen LogP contribution in [-0.4, -0.2) is 14.8 Å². The number of nitrogen functional groups attached to an aromatic ring is 1. The van der Waals surface area contributed by atoms with E-state index in [1.807, 2.05) is 45.2 Å². The van der Waals surface area contributed by atoms with Crippen molar-refractivity contribution in [1.82, 2.24) is 14.8 Å². The third-order valence-electron chi connectivity index (χ3n) is 3.13. The fourth-order valence-corrected chi connectivity index (χ4v) is 1.91. The van der Waals surface area contributed by atoms with Gasteiger partial charge in [0.25, 0.3) is 0 Å². The Kier molecular flexibility index (Phi) is 4.76. The van der Waals surface area contributed by atoms with Gasteiger partial charge < -0.3 is 11.1 Å². The molecular formula is C16H17FN6. The van der Waals surface area contributed by atoms with Crippen LogP contribution in [0.3, 0.4) is 0 Å². The van der Waals surface area contributed by atoms with Crippen molar-refractivity contribution in [3.63, 3.8) is 0 Å². The summed E-state index contributed by atoms with van der Waals surface area (Å²) < 4.78 is 15.1. The molecule has 3 N–H and O–H groups in total. The molecule has 0 radical (unpaired) electrons. The van der Waals surface area contributed by atoms with Crippen LogP contribution in [0.2, 0.25) is 0 Å². The van der Waals surface area contributed by atoms with Gasteiger partial charge in [-0.15, -0.1) is 0 Å². The van der Waals surface area contributed by atoms with Gasteiger partial charge in [0, 0.05) is 17.6 Å². The predicted octanol–water partition coefficient (Wildman–Crippen LogP) is 3.06. The molecule has 0 bridgehead atoms. The van der Waals surface area contributed by atoms with Crippen molar-refractivity contribution >= 4 is 17.3 Å². The van der Waals surface area contributed by atoms with E-state index in [4.69, 9.17) is 11.0 Å². The smallest absolute Gasteiger partial charge is 0.166 e. The van der Waals surface area contributed by atoms with Crippen molar-refractivity contribution in [2.24, 2.45) is 0 Å². The van der Waals surface area contributed by atoms with Crippen LogP contribution in [0, 0.1) is 24.1 Å². The number of nitrogens with zero attached hydrogens (tertiary/aromatic N) is 4. The lowest BCUT2D eigenvalue weighted by molar-refractivity contribution is 0.627. The van der Waals surface area contributed by atoms with Crippen LogP contribution in [0.15, 0.2) is 36.3 Å². The van der Waals surface area contributed by atoms with E-state index in [1.54, 1.807) is 10.9 Å². The van der Waals surface area contributed by atoms with Crippen molar-refractivity contribution in [2.75, 3.05) is 11.1 Å². The highest BCUT2D eigenvalue weighted by Crippen LogP contribution is 2.20. The van der Waals surface area contributed by atoms with E-state index in [-0.39, 0.29) is 17.2 Å². The first-order valence-corrected chi connectivity index (χ1v) is 6.94. The molecule has 118 valence electrons. The van der Waals surface area contributed by atoms with Gasteiger partial charge in [0.15, 0.2) is 17.5 Å². The molecule has 0 spiro atoms. The number of hydrogen-bond donors (Lipinski definition) is 2. The molecule has 2 rings (SSSR count). The van der Waals surface area contributed by atoms with Crippen molar-refractivity contribution in [1.29, 1.82) is 5.26 Å². The Labute approximate surface area is 133 Å². The standard InChI is InChI=1S/C16H17FN6/c1-4-13(5-11(3)23-9-10(2)8-20-23)21-16-12(7-18)6-14(17)15(19)22-16/h4-6,8-9H,1-3H3,(H3,19,21,22)/b11-5+,13-4+. The second-order valence-corrected chi connectivity index (χ2v) is 4.98. The molecule has 6 nitrogen and oxygen atoms in total. The van der Waals surface area contributed by atoms with Gasteiger partial charge >= 0.3 is 0 Å². The minimum atomic E-state index is -0.715. The van der Waals surface area contributed by atoms with E-state index in [9.17, 15) is 4.39 Å². The molecule has 0 atom stereocenters. The minimum Gasteiger partial charge on any atom is -0.381 e. The molecule has 2 heterocycles. The number of nitrogens with one attached hydrogen (secondary N) is 1. The van der Waals surface area contributed by atoms with Crippen LogP contribution in [0.4, 0.5) is 16.0 Å². The molecule has 2 aromatic rings. The number of pyridine rings is 1. The highest BCUT2D eigenvalue weighted by atomic mass is 19.1. The number of hydrogen-bond acceptors (Lipinski definition) is 5. The van der Waals surface area contributed by atoms with Crippen LogP contribution in [0.5, 0.6) is 0 Å². The molecule has 2 aromatic heterocycles. The third kappa shape index (κ3) is 3.74. The summed E-state index contributed by atoms with van der Waals surface area (Å²) >= 11 is 0.